The highest BCUT2D eigenvalue weighted by molar-refractivity contribution is 5.77. The van der Waals surface area contributed by atoms with E-state index in [-0.39, 0.29) is 12.5 Å². The van der Waals surface area contributed by atoms with Crippen molar-refractivity contribution in [2.45, 2.75) is 20.4 Å². The minimum absolute atomic E-state index is 0.00815. The summed E-state index contributed by atoms with van der Waals surface area (Å²) in [6, 6.07) is 15.3. The van der Waals surface area contributed by atoms with Gasteiger partial charge in [0.2, 0.25) is 0 Å². The van der Waals surface area contributed by atoms with Gasteiger partial charge in [-0.05, 0) is 43.7 Å². The van der Waals surface area contributed by atoms with Crippen molar-refractivity contribution in [1.29, 1.82) is 0 Å². The lowest BCUT2D eigenvalue weighted by molar-refractivity contribution is -0.123. The molecule has 0 bridgehead atoms. The van der Waals surface area contributed by atoms with Gasteiger partial charge in [0.1, 0.15) is 11.5 Å². The van der Waals surface area contributed by atoms with Crippen LogP contribution in [0.2, 0.25) is 0 Å². The molecule has 2 aromatic carbocycles. The van der Waals surface area contributed by atoms with Crippen LogP contribution in [0, 0.1) is 6.92 Å². The number of carbonyl (C=O) groups excluding carboxylic acids is 1. The molecule has 2 aromatic rings. The first-order valence-corrected chi connectivity index (χ1v) is 7.35. The molecule has 0 saturated carbocycles. The summed E-state index contributed by atoms with van der Waals surface area (Å²) >= 11 is 0. The zero-order valence-electron chi connectivity index (χ0n) is 13.0. The quantitative estimate of drug-likeness (QED) is 0.854. The van der Waals surface area contributed by atoms with E-state index in [9.17, 15) is 4.79 Å². The van der Waals surface area contributed by atoms with Crippen LogP contribution in [0.5, 0.6) is 11.5 Å². The standard InChI is InChI=1S/C18H21NO3/c1-3-21-17-6-4-5-15(11-17)12-19-18(20)13-22-16-9-7-14(2)8-10-16/h4-11H,3,12-13H2,1-2H3,(H,19,20). The van der Waals surface area contributed by atoms with Crippen LogP contribution in [-0.4, -0.2) is 19.1 Å². The molecule has 4 heteroatoms. The maximum Gasteiger partial charge on any atom is 0.258 e. The van der Waals surface area contributed by atoms with Crippen LogP contribution in [0.15, 0.2) is 48.5 Å². The Morgan fingerprint density at radius 2 is 1.82 bits per heavy atom. The summed E-state index contributed by atoms with van der Waals surface area (Å²) in [5, 5.41) is 2.83. The van der Waals surface area contributed by atoms with Crippen molar-refractivity contribution in [1.82, 2.24) is 5.32 Å². The smallest absolute Gasteiger partial charge is 0.258 e. The molecular formula is C18H21NO3. The molecule has 22 heavy (non-hydrogen) atoms. The van der Waals surface area contributed by atoms with Crippen LogP contribution in [0.4, 0.5) is 0 Å². The Balaban J connectivity index is 1.77. The van der Waals surface area contributed by atoms with Crippen LogP contribution < -0.4 is 14.8 Å². The second kappa shape index (κ2) is 8.08. The SMILES string of the molecule is CCOc1cccc(CNC(=O)COc2ccc(C)cc2)c1. The van der Waals surface area contributed by atoms with E-state index < -0.39 is 0 Å². The molecule has 0 aliphatic carbocycles. The highest BCUT2D eigenvalue weighted by Crippen LogP contribution is 2.13. The van der Waals surface area contributed by atoms with Gasteiger partial charge < -0.3 is 14.8 Å². The van der Waals surface area contributed by atoms with Gasteiger partial charge in [0.15, 0.2) is 6.61 Å². The Morgan fingerprint density at radius 1 is 1.05 bits per heavy atom. The summed E-state index contributed by atoms with van der Waals surface area (Å²) < 4.78 is 10.9. The fraction of sp³-hybridized carbons (Fsp3) is 0.278. The summed E-state index contributed by atoms with van der Waals surface area (Å²) in [4.78, 5) is 11.8. The molecule has 0 aliphatic rings. The second-order valence-corrected chi connectivity index (χ2v) is 4.96. The number of nitrogens with one attached hydrogen (secondary N) is 1. The molecule has 2 rings (SSSR count). The first-order valence-electron chi connectivity index (χ1n) is 7.35. The lowest BCUT2D eigenvalue weighted by Crippen LogP contribution is -2.28. The monoisotopic (exact) mass is 299 g/mol. The summed E-state index contributed by atoms with van der Waals surface area (Å²) in [5.41, 5.74) is 2.15. The minimum Gasteiger partial charge on any atom is -0.494 e. The number of benzene rings is 2. The van der Waals surface area contributed by atoms with E-state index in [0.717, 1.165) is 16.9 Å². The third-order valence-corrected chi connectivity index (χ3v) is 3.09. The van der Waals surface area contributed by atoms with E-state index in [2.05, 4.69) is 5.32 Å². The summed E-state index contributed by atoms with van der Waals surface area (Å²) in [7, 11) is 0. The normalized spacial score (nSPS) is 10.1. The fourth-order valence-corrected chi connectivity index (χ4v) is 1.95. The van der Waals surface area contributed by atoms with Crippen LogP contribution in [0.1, 0.15) is 18.1 Å². The number of ether oxygens (including phenoxy) is 2. The van der Waals surface area contributed by atoms with Crippen molar-refractivity contribution < 1.29 is 14.3 Å². The van der Waals surface area contributed by atoms with Gasteiger partial charge in [0.25, 0.3) is 5.91 Å². The van der Waals surface area contributed by atoms with E-state index in [0.29, 0.717) is 18.9 Å². The molecule has 0 fully saturated rings. The zero-order chi connectivity index (χ0) is 15.8. The minimum atomic E-state index is -0.151. The van der Waals surface area contributed by atoms with E-state index >= 15 is 0 Å². The Bertz CT molecular complexity index is 608. The number of rotatable bonds is 7. The Labute approximate surface area is 131 Å². The predicted octanol–water partition coefficient (Wildman–Crippen LogP) is 3.09. The van der Waals surface area contributed by atoms with Crippen LogP contribution in [0.3, 0.4) is 0 Å². The van der Waals surface area contributed by atoms with Crippen molar-refractivity contribution in [3.05, 3.63) is 59.7 Å². The van der Waals surface area contributed by atoms with Gasteiger partial charge >= 0.3 is 0 Å². The number of hydrogen-bond donors (Lipinski definition) is 1. The predicted molar refractivity (Wildman–Crippen MR) is 86.1 cm³/mol. The van der Waals surface area contributed by atoms with Crippen molar-refractivity contribution in [3.63, 3.8) is 0 Å². The van der Waals surface area contributed by atoms with E-state index in [4.69, 9.17) is 9.47 Å². The molecule has 0 heterocycles. The van der Waals surface area contributed by atoms with Gasteiger partial charge in [-0.1, -0.05) is 29.8 Å². The lowest BCUT2D eigenvalue weighted by atomic mass is 10.2. The molecule has 0 saturated heterocycles. The molecule has 4 nitrogen and oxygen atoms in total. The van der Waals surface area contributed by atoms with Gasteiger partial charge in [-0.2, -0.15) is 0 Å². The van der Waals surface area contributed by atoms with Gasteiger partial charge in [-0.3, -0.25) is 4.79 Å². The molecule has 1 N–H and O–H groups in total. The molecule has 0 unspecified atom stereocenters. The highest BCUT2D eigenvalue weighted by atomic mass is 16.5. The van der Waals surface area contributed by atoms with E-state index in [1.54, 1.807) is 0 Å². The van der Waals surface area contributed by atoms with Crippen molar-refractivity contribution >= 4 is 5.91 Å². The van der Waals surface area contributed by atoms with Gasteiger partial charge in [-0.25, -0.2) is 0 Å². The molecular weight excluding hydrogens is 278 g/mol. The van der Waals surface area contributed by atoms with E-state index in [1.807, 2.05) is 62.4 Å². The highest BCUT2D eigenvalue weighted by Gasteiger charge is 2.03. The van der Waals surface area contributed by atoms with Crippen molar-refractivity contribution in [2.75, 3.05) is 13.2 Å². The van der Waals surface area contributed by atoms with Gasteiger partial charge in [0.05, 0.1) is 6.61 Å². The van der Waals surface area contributed by atoms with Gasteiger partial charge in [0, 0.05) is 6.54 Å². The third kappa shape index (κ3) is 5.13. The number of aryl methyl sites for hydroxylation is 1. The van der Waals surface area contributed by atoms with Crippen molar-refractivity contribution in [3.8, 4) is 11.5 Å². The average molecular weight is 299 g/mol. The Morgan fingerprint density at radius 3 is 2.55 bits per heavy atom. The molecule has 116 valence electrons. The molecule has 0 radical (unpaired) electrons. The number of amides is 1. The topological polar surface area (TPSA) is 47.6 Å². The molecule has 1 amide bonds. The number of carbonyl (C=O) groups is 1. The molecule has 0 spiro atoms. The first kappa shape index (κ1) is 15.9. The molecule has 0 aromatic heterocycles. The third-order valence-electron chi connectivity index (χ3n) is 3.09. The Hall–Kier alpha value is -2.49. The van der Waals surface area contributed by atoms with Crippen LogP contribution >= 0.6 is 0 Å². The average Bonchev–Trinajstić information content (AvgIpc) is 2.53. The van der Waals surface area contributed by atoms with Crippen LogP contribution in [0.25, 0.3) is 0 Å². The first-order chi connectivity index (χ1) is 10.7. The fourth-order valence-electron chi connectivity index (χ4n) is 1.95. The maximum atomic E-state index is 11.8. The zero-order valence-corrected chi connectivity index (χ0v) is 13.0. The van der Waals surface area contributed by atoms with E-state index in [1.165, 1.54) is 0 Å². The summed E-state index contributed by atoms with van der Waals surface area (Å²) in [5.74, 6) is 1.35. The Kier molecular flexibility index (Phi) is 5.83. The second-order valence-electron chi connectivity index (χ2n) is 4.96. The summed E-state index contributed by atoms with van der Waals surface area (Å²) in [6.07, 6.45) is 0. The van der Waals surface area contributed by atoms with Crippen LogP contribution in [-0.2, 0) is 11.3 Å². The molecule has 0 atom stereocenters. The largest absolute Gasteiger partial charge is 0.494 e. The molecule has 0 aliphatic heterocycles. The van der Waals surface area contributed by atoms with Crippen molar-refractivity contribution in [2.24, 2.45) is 0 Å². The summed E-state index contributed by atoms with van der Waals surface area (Å²) in [6.45, 7) is 5.04. The van der Waals surface area contributed by atoms with Gasteiger partial charge in [-0.15, -0.1) is 0 Å². The number of hydrogen-bond acceptors (Lipinski definition) is 3. The lowest BCUT2D eigenvalue weighted by Gasteiger charge is -2.09. The maximum absolute atomic E-state index is 11.8.